The third-order valence-electron chi connectivity index (χ3n) is 4.31. The summed E-state index contributed by atoms with van der Waals surface area (Å²) in [6, 6.07) is 5.41. The number of nitro benzene ring substituents is 1. The Morgan fingerprint density at radius 2 is 2.19 bits per heavy atom. The zero-order valence-electron chi connectivity index (χ0n) is 11.9. The molecular formula is C15H20FN3O2. The normalized spacial score (nSPS) is 21.9. The first-order valence-corrected chi connectivity index (χ1v) is 7.54. The van der Waals surface area contributed by atoms with Crippen molar-refractivity contribution < 1.29 is 9.31 Å². The molecule has 1 unspecified atom stereocenters. The highest BCUT2D eigenvalue weighted by Gasteiger charge is 2.32. The van der Waals surface area contributed by atoms with Crippen molar-refractivity contribution in [3.63, 3.8) is 0 Å². The van der Waals surface area contributed by atoms with E-state index >= 15 is 0 Å². The maximum Gasteiger partial charge on any atom is 0.305 e. The minimum Gasteiger partial charge on any atom is -0.313 e. The van der Waals surface area contributed by atoms with Gasteiger partial charge in [-0.2, -0.15) is 4.39 Å². The maximum atomic E-state index is 14.2. The van der Waals surface area contributed by atoms with Gasteiger partial charge >= 0.3 is 5.69 Å². The molecule has 2 fully saturated rings. The molecule has 1 atom stereocenters. The van der Waals surface area contributed by atoms with Crippen LogP contribution in [-0.4, -0.2) is 35.0 Å². The fourth-order valence-electron chi connectivity index (χ4n) is 3.03. The second-order valence-electron chi connectivity index (χ2n) is 5.96. The molecule has 0 radical (unpaired) electrons. The van der Waals surface area contributed by atoms with Crippen LogP contribution in [0, 0.1) is 15.9 Å². The first-order chi connectivity index (χ1) is 10.1. The minimum absolute atomic E-state index is 0.425. The summed E-state index contributed by atoms with van der Waals surface area (Å²) in [5.41, 5.74) is -0.00339. The van der Waals surface area contributed by atoms with Crippen molar-refractivity contribution in [1.82, 2.24) is 10.2 Å². The molecule has 1 saturated carbocycles. The van der Waals surface area contributed by atoms with E-state index < -0.39 is 16.4 Å². The molecule has 1 aliphatic heterocycles. The van der Waals surface area contributed by atoms with E-state index in [1.807, 2.05) is 0 Å². The Morgan fingerprint density at radius 3 is 2.81 bits per heavy atom. The van der Waals surface area contributed by atoms with E-state index in [1.54, 1.807) is 12.1 Å². The molecule has 1 aromatic carbocycles. The number of halogens is 1. The maximum absolute atomic E-state index is 14.2. The van der Waals surface area contributed by atoms with E-state index in [-0.39, 0.29) is 0 Å². The van der Waals surface area contributed by atoms with E-state index in [4.69, 9.17) is 0 Å². The van der Waals surface area contributed by atoms with Crippen molar-refractivity contribution >= 4 is 5.69 Å². The van der Waals surface area contributed by atoms with Gasteiger partial charge in [0, 0.05) is 36.8 Å². The molecule has 6 heteroatoms. The van der Waals surface area contributed by atoms with Crippen LogP contribution in [-0.2, 0) is 6.54 Å². The Labute approximate surface area is 123 Å². The summed E-state index contributed by atoms with van der Waals surface area (Å²) < 4.78 is 14.2. The van der Waals surface area contributed by atoms with Crippen LogP contribution in [0.15, 0.2) is 18.2 Å². The summed E-state index contributed by atoms with van der Waals surface area (Å²) >= 11 is 0. The fourth-order valence-corrected chi connectivity index (χ4v) is 3.03. The average molecular weight is 293 g/mol. The van der Waals surface area contributed by atoms with Crippen LogP contribution in [0.4, 0.5) is 10.1 Å². The molecule has 3 rings (SSSR count). The number of benzene rings is 1. The molecular weight excluding hydrogens is 273 g/mol. The molecule has 0 aromatic heterocycles. The van der Waals surface area contributed by atoms with Crippen LogP contribution in [0.2, 0.25) is 0 Å². The van der Waals surface area contributed by atoms with Gasteiger partial charge in [-0.3, -0.25) is 15.0 Å². The smallest absolute Gasteiger partial charge is 0.305 e. The Hall–Kier alpha value is -1.53. The monoisotopic (exact) mass is 293 g/mol. The van der Waals surface area contributed by atoms with E-state index in [9.17, 15) is 14.5 Å². The fraction of sp³-hybridized carbons (Fsp3) is 0.600. The van der Waals surface area contributed by atoms with Gasteiger partial charge in [0.05, 0.1) is 4.92 Å². The lowest BCUT2D eigenvalue weighted by atomic mass is 10.1. The molecule has 1 heterocycles. The zero-order valence-corrected chi connectivity index (χ0v) is 11.9. The summed E-state index contributed by atoms with van der Waals surface area (Å²) in [4.78, 5) is 12.4. The topological polar surface area (TPSA) is 58.4 Å². The average Bonchev–Trinajstić information content (AvgIpc) is 3.18. The van der Waals surface area contributed by atoms with E-state index in [0.717, 1.165) is 32.4 Å². The SMILES string of the molecule is O=[N+]([O-])c1cccc(CN(CC2CCCN2)C2CC2)c1F. The zero-order chi connectivity index (χ0) is 14.8. The van der Waals surface area contributed by atoms with Crippen molar-refractivity contribution in [3.8, 4) is 0 Å². The first-order valence-electron chi connectivity index (χ1n) is 7.54. The standard InChI is InChI=1S/C15H20FN3O2/c16-15-11(3-1-5-14(15)19(20)21)9-18(13-6-7-13)10-12-4-2-8-17-12/h1,3,5,12-13,17H,2,4,6-10H2. The second-order valence-corrected chi connectivity index (χ2v) is 5.96. The Kier molecular flexibility index (Phi) is 4.17. The first kappa shape index (κ1) is 14.4. The number of nitrogens with zero attached hydrogens (tertiary/aromatic N) is 2. The Balaban J connectivity index is 1.73. The van der Waals surface area contributed by atoms with Gasteiger partial charge in [0.2, 0.25) is 5.82 Å². The van der Waals surface area contributed by atoms with Gasteiger partial charge < -0.3 is 5.32 Å². The minimum atomic E-state index is -0.687. The molecule has 1 saturated heterocycles. The van der Waals surface area contributed by atoms with Crippen molar-refractivity contribution in [3.05, 3.63) is 39.7 Å². The Bertz CT molecular complexity index is 528. The van der Waals surface area contributed by atoms with Crippen LogP contribution in [0.1, 0.15) is 31.2 Å². The summed E-state index contributed by atoms with van der Waals surface area (Å²) in [5.74, 6) is -0.687. The van der Waals surface area contributed by atoms with Gasteiger partial charge in [-0.05, 0) is 32.2 Å². The summed E-state index contributed by atoms with van der Waals surface area (Å²) in [5, 5.41) is 14.3. The van der Waals surface area contributed by atoms with Crippen LogP contribution in [0.25, 0.3) is 0 Å². The molecule has 114 valence electrons. The second kappa shape index (κ2) is 6.07. The van der Waals surface area contributed by atoms with Crippen LogP contribution in [0.3, 0.4) is 0 Å². The summed E-state index contributed by atoms with van der Waals surface area (Å²) in [6.45, 7) is 2.40. The third-order valence-corrected chi connectivity index (χ3v) is 4.31. The van der Waals surface area contributed by atoms with Gasteiger partial charge in [0.25, 0.3) is 0 Å². The largest absolute Gasteiger partial charge is 0.313 e. The number of hydrogen-bond acceptors (Lipinski definition) is 4. The highest BCUT2D eigenvalue weighted by molar-refractivity contribution is 5.36. The van der Waals surface area contributed by atoms with Gasteiger partial charge in [-0.15, -0.1) is 0 Å². The highest BCUT2D eigenvalue weighted by Crippen LogP contribution is 2.30. The van der Waals surface area contributed by atoms with Crippen LogP contribution in [0.5, 0.6) is 0 Å². The number of nitro groups is 1. The summed E-state index contributed by atoms with van der Waals surface area (Å²) in [7, 11) is 0. The van der Waals surface area contributed by atoms with Crippen LogP contribution >= 0.6 is 0 Å². The third kappa shape index (κ3) is 3.39. The molecule has 21 heavy (non-hydrogen) atoms. The molecule has 1 aromatic rings. The lowest BCUT2D eigenvalue weighted by Crippen LogP contribution is -2.38. The van der Waals surface area contributed by atoms with E-state index in [2.05, 4.69) is 10.2 Å². The highest BCUT2D eigenvalue weighted by atomic mass is 19.1. The van der Waals surface area contributed by atoms with Gasteiger partial charge in [0.15, 0.2) is 0 Å². The van der Waals surface area contributed by atoms with Gasteiger partial charge in [-0.1, -0.05) is 12.1 Å². The van der Waals surface area contributed by atoms with E-state index in [0.29, 0.717) is 24.2 Å². The quantitative estimate of drug-likeness (QED) is 0.646. The van der Waals surface area contributed by atoms with Crippen molar-refractivity contribution in [1.29, 1.82) is 0 Å². The lowest BCUT2D eigenvalue weighted by Gasteiger charge is -2.25. The Morgan fingerprint density at radius 1 is 1.38 bits per heavy atom. The lowest BCUT2D eigenvalue weighted by molar-refractivity contribution is -0.387. The van der Waals surface area contributed by atoms with Crippen molar-refractivity contribution in [2.24, 2.45) is 0 Å². The van der Waals surface area contributed by atoms with Crippen molar-refractivity contribution in [2.75, 3.05) is 13.1 Å². The molecule has 5 nitrogen and oxygen atoms in total. The van der Waals surface area contributed by atoms with Gasteiger partial charge in [0.1, 0.15) is 0 Å². The molecule has 2 aliphatic rings. The van der Waals surface area contributed by atoms with Crippen LogP contribution < -0.4 is 5.32 Å². The molecule has 1 N–H and O–H groups in total. The number of nitrogens with one attached hydrogen (secondary N) is 1. The summed E-state index contributed by atoms with van der Waals surface area (Å²) in [6.07, 6.45) is 4.63. The predicted octanol–water partition coefficient (Wildman–Crippen LogP) is 2.45. The molecule has 0 bridgehead atoms. The number of rotatable bonds is 6. The molecule has 0 spiro atoms. The molecule has 1 aliphatic carbocycles. The van der Waals surface area contributed by atoms with E-state index in [1.165, 1.54) is 12.5 Å². The van der Waals surface area contributed by atoms with Gasteiger partial charge in [-0.25, -0.2) is 0 Å². The molecule has 0 amide bonds. The number of hydrogen-bond donors (Lipinski definition) is 1. The predicted molar refractivity (Wildman–Crippen MR) is 77.5 cm³/mol. The van der Waals surface area contributed by atoms with Crippen molar-refractivity contribution in [2.45, 2.75) is 44.3 Å².